The Hall–Kier alpha value is -2.02. The van der Waals surface area contributed by atoms with Crippen LogP contribution in [0.4, 0.5) is 0 Å². The number of hydrogen-bond acceptors (Lipinski definition) is 5. The largest absolute Gasteiger partial charge is 0.369 e. The van der Waals surface area contributed by atoms with E-state index in [9.17, 15) is 9.59 Å². The first kappa shape index (κ1) is 20.7. The first-order valence-electron chi connectivity index (χ1n) is 10.4. The smallest absolute Gasteiger partial charge is 0.274 e. The van der Waals surface area contributed by atoms with Crippen molar-refractivity contribution in [2.75, 3.05) is 26.2 Å². The van der Waals surface area contributed by atoms with E-state index in [4.69, 9.17) is 4.74 Å². The van der Waals surface area contributed by atoms with Gasteiger partial charge in [-0.1, -0.05) is 0 Å². The third-order valence-electron chi connectivity index (χ3n) is 5.79. The van der Waals surface area contributed by atoms with E-state index in [1.807, 2.05) is 30.6 Å². The summed E-state index contributed by atoms with van der Waals surface area (Å²) in [5, 5.41) is 0. The van der Waals surface area contributed by atoms with Crippen molar-refractivity contribution in [1.29, 1.82) is 0 Å². The minimum absolute atomic E-state index is 0.0129. The van der Waals surface area contributed by atoms with Crippen LogP contribution in [0.25, 0.3) is 0 Å². The first-order chi connectivity index (χ1) is 13.5. The Morgan fingerprint density at radius 2 is 1.86 bits per heavy atom. The number of ether oxygens (including phenoxy) is 1. The summed E-state index contributed by atoms with van der Waals surface area (Å²) in [7, 11) is 0. The third kappa shape index (κ3) is 5.07. The Labute approximate surface area is 167 Å². The topological polar surface area (TPSA) is 75.6 Å². The zero-order valence-corrected chi connectivity index (χ0v) is 17.3. The lowest BCUT2D eigenvalue weighted by atomic mass is 9.83. The number of rotatable bonds is 5. The minimum Gasteiger partial charge on any atom is -0.369 e. The van der Waals surface area contributed by atoms with Gasteiger partial charge in [0.25, 0.3) is 5.91 Å². The second kappa shape index (κ2) is 9.45. The van der Waals surface area contributed by atoms with Crippen molar-refractivity contribution in [3.63, 3.8) is 0 Å². The summed E-state index contributed by atoms with van der Waals surface area (Å²) in [4.78, 5) is 37.7. The summed E-state index contributed by atoms with van der Waals surface area (Å²) in [6.45, 7) is 8.16. The van der Waals surface area contributed by atoms with E-state index in [1.54, 1.807) is 12.4 Å². The molecule has 2 fully saturated rings. The molecule has 28 heavy (non-hydrogen) atoms. The Balaban J connectivity index is 1.59. The van der Waals surface area contributed by atoms with E-state index in [0.717, 1.165) is 57.4 Å². The number of amides is 2. The summed E-state index contributed by atoms with van der Waals surface area (Å²) < 4.78 is 5.45. The molecule has 1 aromatic rings. The van der Waals surface area contributed by atoms with Gasteiger partial charge in [0.15, 0.2) is 0 Å². The van der Waals surface area contributed by atoms with Gasteiger partial charge in [0.2, 0.25) is 5.91 Å². The molecule has 7 heteroatoms. The van der Waals surface area contributed by atoms with Crippen LogP contribution in [-0.2, 0) is 9.53 Å². The first-order valence-corrected chi connectivity index (χ1v) is 10.4. The molecule has 154 valence electrons. The highest BCUT2D eigenvalue weighted by Gasteiger charge is 2.36. The van der Waals surface area contributed by atoms with Gasteiger partial charge in [-0.25, -0.2) is 4.98 Å². The van der Waals surface area contributed by atoms with Gasteiger partial charge < -0.3 is 14.5 Å². The molecule has 0 bridgehead atoms. The lowest BCUT2D eigenvalue weighted by Gasteiger charge is -2.43. The Kier molecular flexibility index (Phi) is 6.99. The van der Waals surface area contributed by atoms with Crippen molar-refractivity contribution in [1.82, 2.24) is 19.8 Å². The van der Waals surface area contributed by atoms with Crippen LogP contribution in [0.2, 0.25) is 0 Å². The fraction of sp³-hybridized carbons (Fsp3) is 0.714. The van der Waals surface area contributed by atoms with Crippen molar-refractivity contribution in [2.45, 2.75) is 65.0 Å². The normalized spacial score (nSPS) is 21.2. The van der Waals surface area contributed by atoms with E-state index in [1.165, 1.54) is 0 Å². The van der Waals surface area contributed by atoms with Crippen molar-refractivity contribution < 1.29 is 14.3 Å². The molecule has 2 aliphatic heterocycles. The van der Waals surface area contributed by atoms with E-state index in [0.29, 0.717) is 11.6 Å². The standard InChI is InChI=1S/C21H32N4O3/c1-15(2)28-14-20(26)24-10-7-17(8-11-24)19-6-4-5-9-25(19)21(27)18-13-22-16(3)12-23-18/h12-13,15,17,19H,4-11,14H2,1-3H3/t19-/m1/s1. The Morgan fingerprint density at radius 1 is 1.11 bits per heavy atom. The third-order valence-corrected chi connectivity index (χ3v) is 5.79. The van der Waals surface area contributed by atoms with Crippen molar-refractivity contribution in [3.8, 4) is 0 Å². The molecule has 0 radical (unpaired) electrons. The van der Waals surface area contributed by atoms with Crippen LogP contribution in [0.5, 0.6) is 0 Å². The predicted molar refractivity (Wildman–Crippen MR) is 106 cm³/mol. The van der Waals surface area contributed by atoms with E-state index >= 15 is 0 Å². The number of likely N-dealkylation sites (tertiary alicyclic amines) is 2. The van der Waals surface area contributed by atoms with Crippen LogP contribution < -0.4 is 0 Å². The number of hydrogen-bond donors (Lipinski definition) is 0. The molecular formula is C21H32N4O3. The van der Waals surface area contributed by atoms with Crippen LogP contribution in [0.3, 0.4) is 0 Å². The summed E-state index contributed by atoms with van der Waals surface area (Å²) in [6, 6.07) is 0.230. The average Bonchev–Trinajstić information content (AvgIpc) is 2.72. The van der Waals surface area contributed by atoms with Crippen LogP contribution in [-0.4, -0.2) is 70.0 Å². The fourth-order valence-electron chi connectivity index (χ4n) is 4.21. The minimum atomic E-state index is -0.0129. The lowest BCUT2D eigenvalue weighted by Crippen LogP contribution is -2.51. The second-order valence-corrected chi connectivity index (χ2v) is 8.18. The van der Waals surface area contributed by atoms with Crippen LogP contribution >= 0.6 is 0 Å². The van der Waals surface area contributed by atoms with Gasteiger partial charge in [-0.05, 0) is 58.8 Å². The molecule has 1 aromatic heterocycles. The predicted octanol–water partition coefficient (Wildman–Crippen LogP) is 2.44. The summed E-state index contributed by atoms with van der Waals surface area (Å²) >= 11 is 0. The summed E-state index contributed by atoms with van der Waals surface area (Å²) in [6.07, 6.45) is 8.37. The molecule has 7 nitrogen and oxygen atoms in total. The molecule has 1 atom stereocenters. The lowest BCUT2D eigenvalue weighted by molar-refractivity contribution is -0.139. The van der Waals surface area contributed by atoms with Crippen LogP contribution in [0.15, 0.2) is 12.4 Å². The SMILES string of the molecule is Cc1cnc(C(=O)N2CCCC[C@@H]2C2CCN(C(=O)COC(C)C)CC2)cn1. The molecule has 0 spiro atoms. The Bertz CT molecular complexity index is 669. The second-order valence-electron chi connectivity index (χ2n) is 8.18. The quantitative estimate of drug-likeness (QED) is 0.774. The molecule has 0 saturated carbocycles. The van der Waals surface area contributed by atoms with Crippen LogP contribution in [0.1, 0.15) is 62.1 Å². The number of piperidine rings is 2. The van der Waals surface area contributed by atoms with Crippen LogP contribution in [0, 0.1) is 12.8 Å². The monoisotopic (exact) mass is 388 g/mol. The number of aryl methyl sites for hydroxylation is 1. The molecule has 0 aromatic carbocycles. The maximum Gasteiger partial charge on any atom is 0.274 e. The van der Waals surface area contributed by atoms with Crippen molar-refractivity contribution >= 4 is 11.8 Å². The van der Waals surface area contributed by atoms with Gasteiger partial charge in [0.05, 0.1) is 18.0 Å². The highest BCUT2D eigenvalue weighted by molar-refractivity contribution is 5.92. The highest BCUT2D eigenvalue weighted by atomic mass is 16.5. The number of carbonyl (C=O) groups excluding carboxylic acids is 2. The van der Waals surface area contributed by atoms with Gasteiger partial charge in [-0.3, -0.25) is 14.6 Å². The molecule has 2 saturated heterocycles. The van der Waals surface area contributed by atoms with Crippen molar-refractivity contribution in [3.05, 3.63) is 23.8 Å². The maximum atomic E-state index is 13.0. The number of aromatic nitrogens is 2. The molecule has 3 heterocycles. The average molecular weight is 389 g/mol. The van der Waals surface area contributed by atoms with E-state index in [2.05, 4.69) is 9.97 Å². The van der Waals surface area contributed by atoms with Gasteiger partial charge in [-0.2, -0.15) is 0 Å². The van der Waals surface area contributed by atoms with Gasteiger partial charge in [0, 0.05) is 31.9 Å². The molecular weight excluding hydrogens is 356 g/mol. The molecule has 0 unspecified atom stereocenters. The molecule has 2 amide bonds. The Morgan fingerprint density at radius 3 is 2.50 bits per heavy atom. The van der Waals surface area contributed by atoms with Gasteiger partial charge in [-0.15, -0.1) is 0 Å². The number of carbonyl (C=O) groups is 2. The number of nitrogens with zero attached hydrogens (tertiary/aromatic N) is 4. The zero-order valence-electron chi connectivity index (χ0n) is 17.3. The molecule has 2 aliphatic rings. The van der Waals surface area contributed by atoms with E-state index < -0.39 is 0 Å². The van der Waals surface area contributed by atoms with Gasteiger partial charge >= 0.3 is 0 Å². The molecule has 3 rings (SSSR count). The highest BCUT2D eigenvalue weighted by Crippen LogP contribution is 2.31. The maximum absolute atomic E-state index is 13.0. The van der Waals surface area contributed by atoms with Crippen molar-refractivity contribution in [2.24, 2.45) is 5.92 Å². The zero-order chi connectivity index (χ0) is 20.1. The molecule has 0 N–H and O–H groups in total. The van der Waals surface area contributed by atoms with Gasteiger partial charge in [0.1, 0.15) is 12.3 Å². The summed E-state index contributed by atoms with van der Waals surface area (Å²) in [5.41, 5.74) is 1.24. The fourth-order valence-corrected chi connectivity index (χ4v) is 4.21. The molecule has 0 aliphatic carbocycles. The summed E-state index contributed by atoms with van der Waals surface area (Å²) in [5.74, 6) is 0.484. The van der Waals surface area contributed by atoms with E-state index in [-0.39, 0.29) is 30.6 Å².